The van der Waals surface area contributed by atoms with Gasteiger partial charge in [-0.25, -0.2) is 4.79 Å². The lowest BCUT2D eigenvalue weighted by atomic mass is 10.2. The minimum absolute atomic E-state index is 0.248. The van der Waals surface area contributed by atoms with E-state index in [9.17, 15) is 4.79 Å². The zero-order chi connectivity index (χ0) is 13.2. The second-order valence-electron chi connectivity index (χ2n) is 4.24. The Morgan fingerprint density at radius 1 is 1.33 bits per heavy atom. The average Bonchev–Trinajstić information content (AvgIpc) is 2.43. The SMILES string of the molecule is CCCCCN(CCc1ccccn1)C(=O)OC. The molecule has 18 heavy (non-hydrogen) atoms. The molecule has 0 saturated heterocycles. The molecule has 0 radical (unpaired) electrons. The van der Waals surface area contributed by atoms with Crippen molar-refractivity contribution in [3.05, 3.63) is 30.1 Å². The maximum atomic E-state index is 11.6. The van der Waals surface area contributed by atoms with Gasteiger partial charge in [0.1, 0.15) is 0 Å². The monoisotopic (exact) mass is 250 g/mol. The second kappa shape index (κ2) is 8.50. The van der Waals surface area contributed by atoms with Crippen molar-refractivity contribution in [3.63, 3.8) is 0 Å². The Kier molecular flexibility index (Phi) is 6.84. The van der Waals surface area contributed by atoms with Gasteiger partial charge < -0.3 is 9.64 Å². The molecule has 0 aliphatic rings. The molecule has 1 aromatic rings. The number of amides is 1. The van der Waals surface area contributed by atoms with Gasteiger partial charge in [-0.2, -0.15) is 0 Å². The maximum Gasteiger partial charge on any atom is 0.409 e. The van der Waals surface area contributed by atoms with E-state index in [0.717, 1.165) is 37.9 Å². The zero-order valence-electron chi connectivity index (χ0n) is 11.3. The molecule has 0 aliphatic heterocycles. The highest BCUT2D eigenvalue weighted by atomic mass is 16.5. The van der Waals surface area contributed by atoms with Crippen molar-refractivity contribution in [2.45, 2.75) is 32.6 Å². The number of carbonyl (C=O) groups is 1. The largest absolute Gasteiger partial charge is 0.453 e. The lowest BCUT2D eigenvalue weighted by molar-refractivity contribution is 0.123. The van der Waals surface area contributed by atoms with Crippen LogP contribution in [0.2, 0.25) is 0 Å². The van der Waals surface area contributed by atoms with E-state index >= 15 is 0 Å². The molecule has 1 heterocycles. The molecule has 0 bridgehead atoms. The van der Waals surface area contributed by atoms with Crippen LogP contribution < -0.4 is 0 Å². The van der Waals surface area contributed by atoms with Crippen molar-refractivity contribution in [2.24, 2.45) is 0 Å². The van der Waals surface area contributed by atoms with Crippen molar-refractivity contribution < 1.29 is 9.53 Å². The number of hydrogen-bond acceptors (Lipinski definition) is 3. The maximum absolute atomic E-state index is 11.6. The third kappa shape index (κ3) is 5.17. The molecule has 4 heteroatoms. The van der Waals surface area contributed by atoms with Gasteiger partial charge in [0.25, 0.3) is 0 Å². The van der Waals surface area contributed by atoms with Crippen LogP contribution in [0.3, 0.4) is 0 Å². The first kappa shape index (κ1) is 14.5. The molecule has 0 atom stereocenters. The van der Waals surface area contributed by atoms with Gasteiger partial charge in [-0.05, 0) is 18.6 Å². The Morgan fingerprint density at radius 2 is 2.17 bits per heavy atom. The van der Waals surface area contributed by atoms with E-state index in [1.165, 1.54) is 7.11 Å². The topological polar surface area (TPSA) is 42.4 Å². The van der Waals surface area contributed by atoms with Crippen LogP contribution in [0.15, 0.2) is 24.4 Å². The normalized spacial score (nSPS) is 10.1. The third-order valence-electron chi connectivity index (χ3n) is 2.83. The zero-order valence-corrected chi connectivity index (χ0v) is 11.3. The third-order valence-corrected chi connectivity index (χ3v) is 2.83. The number of methoxy groups -OCH3 is 1. The molecular formula is C14H22N2O2. The summed E-state index contributed by atoms with van der Waals surface area (Å²) >= 11 is 0. The fraction of sp³-hybridized carbons (Fsp3) is 0.571. The summed E-state index contributed by atoms with van der Waals surface area (Å²) in [6.45, 7) is 3.57. The average molecular weight is 250 g/mol. The van der Waals surface area contributed by atoms with Gasteiger partial charge in [0, 0.05) is 31.4 Å². The summed E-state index contributed by atoms with van der Waals surface area (Å²) in [4.78, 5) is 17.6. The van der Waals surface area contributed by atoms with Crippen molar-refractivity contribution in [1.82, 2.24) is 9.88 Å². The lowest BCUT2D eigenvalue weighted by Gasteiger charge is -2.20. The molecule has 1 rings (SSSR count). The molecule has 0 N–H and O–H groups in total. The van der Waals surface area contributed by atoms with Gasteiger partial charge in [-0.15, -0.1) is 0 Å². The molecule has 0 saturated carbocycles. The van der Waals surface area contributed by atoms with Crippen LogP contribution in [0.4, 0.5) is 4.79 Å². The summed E-state index contributed by atoms with van der Waals surface area (Å²) in [5.41, 5.74) is 1.00. The molecule has 1 aromatic heterocycles. The van der Waals surface area contributed by atoms with Crippen molar-refractivity contribution in [1.29, 1.82) is 0 Å². The van der Waals surface area contributed by atoms with E-state index in [4.69, 9.17) is 4.74 Å². The van der Waals surface area contributed by atoms with E-state index in [-0.39, 0.29) is 6.09 Å². The van der Waals surface area contributed by atoms with Crippen molar-refractivity contribution in [3.8, 4) is 0 Å². The molecule has 0 unspecified atom stereocenters. The lowest BCUT2D eigenvalue weighted by Crippen LogP contribution is -2.33. The van der Waals surface area contributed by atoms with Gasteiger partial charge in [0.2, 0.25) is 0 Å². The summed E-state index contributed by atoms with van der Waals surface area (Å²) < 4.78 is 4.80. The summed E-state index contributed by atoms with van der Waals surface area (Å²) in [5.74, 6) is 0. The van der Waals surface area contributed by atoms with Gasteiger partial charge in [-0.1, -0.05) is 25.8 Å². The van der Waals surface area contributed by atoms with Crippen LogP contribution in [0.25, 0.3) is 0 Å². The number of carbonyl (C=O) groups excluding carboxylic acids is 1. The van der Waals surface area contributed by atoms with Crippen LogP contribution in [-0.4, -0.2) is 36.2 Å². The number of aromatic nitrogens is 1. The van der Waals surface area contributed by atoms with Gasteiger partial charge in [0.15, 0.2) is 0 Å². The van der Waals surface area contributed by atoms with Crippen LogP contribution in [0.5, 0.6) is 0 Å². The first-order valence-electron chi connectivity index (χ1n) is 6.50. The molecular weight excluding hydrogens is 228 g/mol. The number of hydrogen-bond donors (Lipinski definition) is 0. The molecule has 0 aliphatic carbocycles. The Morgan fingerprint density at radius 3 is 2.78 bits per heavy atom. The van der Waals surface area contributed by atoms with Gasteiger partial charge in [-0.3, -0.25) is 4.98 Å². The van der Waals surface area contributed by atoms with E-state index in [0.29, 0.717) is 6.54 Å². The molecule has 100 valence electrons. The van der Waals surface area contributed by atoms with Crippen LogP contribution in [0.1, 0.15) is 31.9 Å². The first-order valence-corrected chi connectivity index (χ1v) is 6.50. The number of ether oxygens (including phenoxy) is 1. The van der Waals surface area contributed by atoms with Crippen LogP contribution >= 0.6 is 0 Å². The Hall–Kier alpha value is -1.58. The molecule has 4 nitrogen and oxygen atoms in total. The minimum atomic E-state index is -0.248. The molecule has 0 spiro atoms. The predicted molar refractivity (Wildman–Crippen MR) is 71.4 cm³/mol. The van der Waals surface area contributed by atoms with Crippen molar-refractivity contribution >= 4 is 6.09 Å². The molecule has 0 fully saturated rings. The number of nitrogens with zero attached hydrogens (tertiary/aromatic N) is 2. The van der Waals surface area contributed by atoms with E-state index in [2.05, 4.69) is 11.9 Å². The quantitative estimate of drug-likeness (QED) is 0.699. The van der Waals surface area contributed by atoms with Crippen LogP contribution in [0, 0.1) is 0 Å². The fourth-order valence-corrected chi connectivity index (χ4v) is 1.77. The summed E-state index contributed by atoms with van der Waals surface area (Å²) in [6.07, 6.45) is 5.60. The standard InChI is InChI=1S/C14H22N2O2/c1-3-4-7-11-16(14(17)18-2)12-9-13-8-5-6-10-15-13/h5-6,8,10H,3-4,7,9,11-12H2,1-2H3. The first-order chi connectivity index (χ1) is 8.77. The minimum Gasteiger partial charge on any atom is -0.453 e. The fourth-order valence-electron chi connectivity index (χ4n) is 1.77. The summed E-state index contributed by atoms with van der Waals surface area (Å²) in [7, 11) is 1.43. The Bertz CT molecular complexity index is 341. The highest BCUT2D eigenvalue weighted by Crippen LogP contribution is 2.03. The van der Waals surface area contributed by atoms with Crippen LogP contribution in [-0.2, 0) is 11.2 Å². The van der Waals surface area contributed by atoms with Crippen molar-refractivity contribution in [2.75, 3.05) is 20.2 Å². The Balaban J connectivity index is 2.43. The van der Waals surface area contributed by atoms with E-state index in [1.54, 1.807) is 11.1 Å². The van der Waals surface area contributed by atoms with E-state index < -0.39 is 0 Å². The summed E-state index contributed by atoms with van der Waals surface area (Å²) in [6, 6.07) is 5.83. The smallest absolute Gasteiger partial charge is 0.409 e. The van der Waals surface area contributed by atoms with Gasteiger partial charge >= 0.3 is 6.09 Å². The number of rotatable bonds is 7. The Labute approximate surface area is 109 Å². The number of pyridine rings is 1. The number of unbranched alkanes of at least 4 members (excludes halogenated alkanes) is 2. The summed E-state index contributed by atoms with van der Waals surface area (Å²) in [5, 5.41) is 0. The predicted octanol–water partition coefficient (Wildman–Crippen LogP) is 2.88. The molecule has 1 amide bonds. The highest BCUT2D eigenvalue weighted by molar-refractivity contribution is 5.67. The van der Waals surface area contributed by atoms with E-state index in [1.807, 2.05) is 18.2 Å². The van der Waals surface area contributed by atoms with Gasteiger partial charge in [0.05, 0.1) is 7.11 Å². The highest BCUT2D eigenvalue weighted by Gasteiger charge is 2.12. The molecule has 0 aromatic carbocycles. The second-order valence-corrected chi connectivity index (χ2v) is 4.24.